The largest absolute Gasteiger partial charge is 0.453 e. The van der Waals surface area contributed by atoms with Gasteiger partial charge in [0.25, 0.3) is 0 Å². The first-order chi connectivity index (χ1) is 10.5. The molecule has 1 aliphatic rings. The zero-order valence-electron chi connectivity index (χ0n) is 12.6. The van der Waals surface area contributed by atoms with Crippen LogP contribution in [0.15, 0.2) is 23.1 Å². The second kappa shape index (κ2) is 7.74. The van der Waals surface area contributed by atoms with Crippen molar-refractivity contribution in [3.63, 3.8) is 0 Å². The third-order valence-electron chi connectivity index (χ3n) is 3.39. The van der Waals surface area contributed by atoms with Crippen LogP contribution in [0.1, 0.15) is 19.8 Å². The molecule has 0 aromatic heterocycles. The summed E-state index contributed by atoms with van der Waals surface area (Å²) < 4.78 is 4.49. The van der Waals surface area contributed by atoms with Gasteiger partial charge in [-0.3, -0.25) is 4.79 Å². The Balaban J connectivity index is 2.11. The lowest BCUT2D eigenvalue weighted by Crippen LogP contribution is -2.35. The summed E-state index contributed by atoms with van der Waals surface area (Å²) in [6.07, 6.45) is 0.601. The highest BCUT2D eigenvalue weighted by atomic mass is 35.5. The van der Waals surface area contributed by atoms with E-state index in [1.54, 1.807) is 16.7 Å². The van der Waals surface area contributed by atoms with Gasteiger partial charge in [-0.2, -0.15) is 0 Å². The first kappa shape index (κ1) is 17.0. The van der Waals surface area contributed by atoms with Gasteiger partial charge in [0.15, 0.2) is 0 Å². The number of hydrogen-bond acceptors (Lipinski definition) is 4. The molecule has 5 nitrogen and oxygen atoms in total. The molecule has 2 amide bonds. The van der Waals surface area contributed by atoms with Crippen LogP contribution in [-0.4, -0.2) is 37.4 Å². The summed E-state index contributed by atoms with van der Waals surface area (Å²) in [6.45, 7) is 3.05. The van der Waals surface area contributed by atoms with Crippen molar-refractivity contribution in [3.05, 3.63) is 23.2 Å². The third-order valence-corrected chi connectivity index (χ3v) is 4.87. The molecule has 0 spiro atoms. The van der Waals surface area contributed by atoms with Crippen molar-refractivity contribution in [2.24, 2.45) is 0 Å². The highest BCUT2D eigenvalue weighted by molar-refractivity contribution is 8.00. The molecule has 1 N–H and O–H groups in total. The summed E-state index contributed by atoms with van der Waals surface area (Å²) in [5.74, 6) is -0.0328. The Labute approximate surface area is 139 Å². The number of alkyl carbamates (subject to hydrolysis) is 1. The molecule has 22 heavy (non-hydrogen) atoms. The fourth-order valence-electron chi connectivity index (χ4n) is 2.25. The Morgan fingerprint density at radius 3 is 3.00 bits per heavy atom. The van der Waals surface area contributed by atoms with Gasteiger partial charge in [-0.1, -0.05) is 18.5 Å². The average molecular weight is 343 g/mol. The van der Waals surface area contributed by atoms with Crippen molar-refractivity contribution in [3.8, 4) is 0 Å². The van der Waals surface area contributed by atoms with Gasteiger partial charge in [0, 0.05) is 34.7 Å². The van der Waals surface area contributed by atoms with E-state index in [2.05, 4.69) is 17.0 Å². The quantitative estimate of drug-likeness (QED) is 0.915. The number of thioether (sulfide) groups is 1. The number of hydrogen-bond donors (Lipinski definition) is 1. The maximum Gasteiger partial charge on any atom is 0.406 e. The van der Waals surface area contributed by atoms with E-state index >= 15 is 0 Å². The minimum absolute atomic E-state index is 0.0328. The van der Waals surface area contributed by atoms with Crippen LogP contribution in [0.5, 0.6) is 0 Å². The van der Waals surface area contributed by atoms with Crippen LogP contribution in [0.4, 0.5) is 10.5 Å². The van der Waals surface area contributed by atoms with Gasteiger partial charge in [-0.05, 0) is 24.6 Å². The summed E-state index contributed by atoms with van der Waals surface area (Å²) in [4.78, 5) is 26.3. The number of methoxy groups -OCH3 is 1. The number of amides is 2. The zero-order valence-corrected chi connectivity index (χ0v) is 14.2. The van der Waals surface area contributed by atoms with Crippen LogP contribution < -0.4 is 10.2 Å². The fourth-order valence-corrected chi connectivity index (χ4v) is 3.51. The summed E-state index contributed by atoms with van der Waals surface area (Å²) >= 11 is 7.83. The zero-order chi connectivity index (χ0) is 16.1. The van der Waals surface area contributed by atoms with Crippen molar-refractivity contribution in [2.45, 2.75) is 29.9 Å². The number of fused-ring (bicyclic) bond motifs is 1. The summed E-state index contributed by atoms with van der Waals surface area (Å²) in [5, 5.41) is 3.57. The standard InChI is InChI=1S/C15H19ClN2O3S/c1-10-6-8-18(14(19)5-7-17-15(20)21-2)12-9-11(16)3-4-13(12)22-10/h3-4,9-10H,5-8H2,1-2H3,(H,17,20)/t10-/m0/s1. The summed E-state index contributed by atoms with van der Waals surface area (Å²) in [7, 11) is 1.29. The number of carbonyl (C=O) groups excluding carboxylic acids is 2. The Kier molecular flexibility index (Phi) is 5.97. The summed E-state index contributed by atoms with van der Waals surface area (Å²) in [5.41, 5.74) is 0.852. The lowest BCUT2D eigenvalue weighted by Gasteiger charge is -2.23. The normalized spacial score (nSPS) is 17.4. The van der Waals surface area contributed by atoms with E-state index in [-0.39, 0.29) is 18.9 Å². The lowest BCUT2D eigenvalue weighted by atomic mass is 10.2. The molecular formula is C15H19ClN2O3S. The van der Waals surface area contributed by atoms with Crippen molar-refractivity contribution < 1.29 is 14.3 Å². The van der Waals surface area contributed by atoms with Crippen LogP contribution in [0.2, 0.25) is 5.02 Å². The molecule has 1 aliphatic heterocycles. The third kappa shape index (κ3) is 4.30. The molecule has 0 aliphatic carbocycles. The maximum absolute atomic E-state index is 12.5. The van der Waals surface area contributed by atoms with Crippen LogP contribution in [-0.2, 0) is 9.53 Å². The van der Waals surface area contributed by atoms with Crippen molar-refractivity contribution in [1.29, 1.82) is 0 Å². The van der Waals surface area contributed by atoms with Gasteiger partial charge in [-0.15, -0.1) is 11.8 Å². The number of rotatable bonds is 3. The number of carbonyl (C=O) groups is 2. The van der Waals surface area contributed by atoms with Gasteiger partial charge < -0.3 is 15.0 Å². The second-order valence-electron chi connectivity index (χ2n) is 5.04. The fraction of sp³-hybridized carbons (Fsp3) is 0.467. The van der Waals surface area contributed by atoms with Gasteiger partial charge in [-0.25, -0.2) is 4.79 Å². The molecule has 7 heteroatoms. The molecule has 1 heterocycles. The molecule has 0 saturated heterocycles. The number of ether oxygens (including phenoxy) is 1. The van der Waals surface area contributed by atoms with Crippen molar-refractivity contribution >= 4 is 41.1 Å². The van der Waals surface area contributed by atoms with E-state index in [0.717, 1.165) is 17.0 Å². The number of anilines is 1. The summed E-state index contributed by atoms with van der Waals surface area (Å²) in [6, 6.07) is 5.62. The first-order valence-electron chi connectivity index (χ1n) is 7.09. The van der Waals surface area contributed by atoms with E-state index < -0.39 is 6.09 Å². The SMILES string of the molecule is COC(=O)NCCC(=O)N1CC[C@H](C)Sc2ccc(Cl)cc21. The van der Waals surface area contributed by atoms with Crippen LogP contribution >= 0.6 is 23.4 Å². The Bertz CT molecular complexity index is 568. The molecule has 1 aromatic rings. The average Bonchev–Trinajstić information content (AvgIpc) is 2.65. The van der Waals surface area contributed by atoms with E-state index in [9.17, 15) is 9.59 Å². The smallest absolute Gasteiger partial charge is 0.406 e. The molecule has 2 rings (SSSR count). The van der Waals surface area contributed by atoms with Crippen LogP contribution in [0, 0.1) is 0 Å². The van der Waals surface area contributed by atoms with Crippen molar-refractivity contribution in [1.82, 2.24) is 5.32 Å². The van der Waals surface area contributed by atoms with Gasteiger partial charge in [0.2, 0.25) is 5.91 Å². The van der Waals surface area contributed by atoms with E-state index in [1.807, 2.05) is 18.2 Å². The maximum atomic E-state index is 12.5. The molecule has 1 atom stereocenters. The number of nitrogens with zero attached hydrogens (tertiary/aromatic N) is 1. The lowest BCUT2D eigenvalue weighted by molar-refractivity contribution is -0.118. The first-order valence-corrected chi connectivity index (χ1v) is 8.35. The number of benzene rings is 1. The number of nitrogens with one attached hydrogen (secondary N) is 1. The van der Waals surface area contributed by atoms with E-state index in [0.29, 0.717) is 16.8 Å². The monoisotopic (exact) mass is 342 g/mol. The Morgan fingerprint density at radius 1 is 1.50 bits per heavy atom. The molecule has 1 aromatic carbocycles. The molecule has 0 unspecified atom stereocenters. The van der Waals surface area contributed by atoms with Crippen LogP contribution in [0.3, 0.4) is 0 Å². The van der Waals surface area contributed by atoms with Crippen molar-refractivity contribution in [2.75, 3.05) is 25.1 Å². The molecular weight excluding hydrogens is 324 g/mol. The Hall–Kier alpha value is -1.40. The minimum atomic E-state index is -0.531. The van der Waals surface area contributed by atoms with Gasteiger partial charge in [0.1, 0.15) is 0 Å². The van der Waals surface area contributed by atoms with Crippen LogP contribution in [0.25, 0.3) is 0 Å². The van der Waals surface area contributed by atoms with E-state index in [4.69, 9.17) is 11.6 Å². The van der Waals surface area contributed by atoms with Gasteiger partial charge in [0.05, 0.1) is 12.8 Å². The Morgan fingerprint density at radius 2 is 2.27 bits per heavy atom. The predicted octanol–water partition coefficient (Wildman–Crippen LogP) is 3.30. The molecule has 120 valence electrons. The molecule has 0 fully saturated rings. The van der Waals surface area contributed by atoms with E-state index in [1.165, 1.54) is 7.11 Å². The molecule has 0 saturated carbocycles. The molecule has 0 radical (unpaired) electrons. The second-order valence-corrected chi connectivity index (χ2v) is 6.96. The highest BCUT2D eigenvalue weighted by Crippen LogP contribution is 2.39. The number of halogens is 1. The van der Waals surface area contributed by atoms with Gasteiger partial charge >= 0.3 is 6.09 Å². The molecule has 0 bridgehead atoms. The topological polar surface area (TPSA) is 58.6 Å². The minimum Gasteiger partial charge on any atom is -0.453 e. The predicted molar refractivity (Wildman–Crippen MR) is 88.8 cm³/mol. The highest BCUT2D eigenvalue weighted by Gasteiger charge is 2.24.